The lowest BCUT2D eigenvalue weighted by molar-refractivity contribution is 0.509. The van der Waals surface area contributed by atoms with Crippen molar-refractivity contribution in [3.05, 3.63) is 57.5 Å². The molecule has 0 amide bonds. The molecule has 5 rings (SSSR count). The Morgan fingerprint density at radius 1 is 1.25 bits per heavy atom. The molecule has 0 spiro atoms. The summed E-state index contributed by atoms with van der Waals surface area (Å²) in [6.07, 6.45) is 4.89. The summed E-state index contributed by atoms with van der Waals surface area (Å²) in [5.41, 5.74) is 2.08. The average molecular weight is 336 g/mol. The van der Waals surface area contributed by atoms with Crippen molar-refractivity contribution < 1.29 is 0 Å². The van der Waals surface area contributed by atoms with Crippen LogP contribution in [0.5, 0.6) is 0 Å². The van der Waals surface area contributed by atoms with Gasteiger partial charge in [0.1, 0.15) is 11.2 Å². The molecule has 1 atom stereocenters. The van der Waals surface area contributed by atoms with Gasteiger partial charge in [0.25, 0.3) is 5.56 Å². The van der Waals surface area contributed by atoms with Crippen LogP contribution in [0.1, 0.15) is 23.8 Å². The molecule has 120 valence electrons. The highest BCUT2D eigenvalue weighted by Gasteiger charge is 2.25. The average Bonchev–Trinajstić information content (AvgIpc) is 3.20. The molecule has 0 fully saturated rings. The fourth-order valence-corrected chi connectivity index (χ4v) is 5.13. The highest BCUT2D eigenvalue weighted by Crippen LogP contribution is 2.36. The Morgan fingerprint density at radius 3 is 2.92 bits per heavy atom. The maximum Gasteiger partial charge on any atom is 0.268 e. The van der Waals surface area contributed by atoms with Crippen LogP contribution in [-0.2, 0) is 12.8 Å². The minimum Gasteiger partial charge on any atom is -0.268 e. The number of nitrogens with zero attached hydrogens (tertiary/aromatic N) is 4. The molecule has 0 radical (unpaired) electrons. The standard InChI is InChI=1S/C18H16N4OS/c1-11-7-8-13-14(9-11)24-17-15(13)16(23)22(12-5-3-2-4-6-12)18-20-19-10-21(17)18/h2-6,10-11H,7-9H2,1H3/t11-/m0/s1. The molecule has 24 heavy (non-hydrogen) atoms. The van der Waals surface area contributed by atoms with Gasteiger partial charge in [-0.1, -0.05) is 25.1 Å². The summed E-state index contributed by atoms with van der Waals surface area (Å²) in [7, 11) is 0. The van der Waals surface area contributed by atoms with Crippen molar-refractivity contribution in [3.8, 4) is 5.69 Å². The Bertz CT molecular complexity index is 1120. The van der Waals surface area contributed by atoms with E-state index in [1.165, 1.54) is 10.4 Å². The van der Waals surface area contributed by atoms with E-state index in [1.54, 1.807) is 22.2 Å². The van der Waals surface area contributed by atoms with E-state index in [4.69, 9.17) is 0 Å². The molecule has 0 unspecified atom stereocenters. The number of hydrogen-bond acceptors (Lipinski definition) is 4. The van der Waals surface area contributed by atoms with Gasteiger partial charge >= 0.3 is 0 Å². The minimum atomic E-state index is 0.0174. The van der Waals surface area contributed by atoms with Gasteiger partial charge in [-0.2, -0.15) is 0 Å². The Labute approximate surface area is 142 Å². The van der Waals surface area contributed by atoms with Crippen LogP contribution < -0.4 is 5.56 Å². The first kappa shape index (κ1) is 13.9. The molecule has 0 saturated heterocycles. The predicted molar refractivity (Wildman–Crippen MR) is 95.2 cm³/mol. The summed E-state index contributed by atoms with van der Waals surface area (Å²) in [5.74, 6) is 1.25. The second-order valence-electron chi connectivity index (χ2n) is 6.51. The maximum absolute atomic E-state index is 13.3. The van der Waals surface area contributed by atoms with E-state index in [0.29, 0.717) is 11.7 Å². The van der Waals surface area contributed by atoms with Crippen LogP contribution in [0.2, 0.25) is 0 Å². The van der Waals surface area contributed by atoms with E-state index in [9.17, 15) is 4.79 Å². The fraction of sp³-hybridized carbons (Fsp3) is 0.278. The summed E-state index contributed by atoms with van der Waals surface area (Å²) >= 11 is 1.73. The van der Waals surface area contributed by atoms with Crippen molar-refractivity contribution in [2.24, 2.45) is 5.92 Å². The second-order valence-corrected chi connectivity index (χ2v) is 7.59. The van der Waals surface area contributed by atoms with Gasteiger partial charge in [-0.05, 0) is 42.9 Å². The van der Waals surface area contributed by atoms with Gasteiger partial charge in [-0.3, -0.25) is 9.20 Å². The third-order valence-corrected chi connectivity index (χ3v) is 6.13. The molecule has 3 aromatic heterocycles. The van der Waals surface area contributed by atoms with Gasteiger partial charge in [0.15, 0.2) is 0 Å². The summed E-state index contributed by atoms with van der Waals surface area (Å²) in [6, 6.07) is 9.68. The van der Waals surface area contributed by atoms with Crippen molar-refractivity contribution in [3.63, 3.8) is 0 Å². The molecular weight excluding hydrogens is 320 g/mol. The van der Waals surface area contributed by atoms with Crippen molar-refractivity contribution in [1.29, 1.82) is 0 Å². The van der Waals surface area contributed by atoms with Gasteiger partial charge in [-0.15, -0.1) is 21.5 Å². The summed E-state index contributed by atoms with van der Waals surface area (Å²) < 4.78 is 3.64. The molecule has 0 bridgehead atoms. The van der Waals surface area contributed by atoms with E-state index < -0.39 is 0 Å². The third-order valence-electron chi connectivity index (χ3n) is 4.87. The maximum atomic E-state index is 13.3. The van der Waals surface area contributed by atoms with Crippen LogP contribution in [0.15, 0.2) is 41.5 Å². The molecule has 5 nitrogen and oxygen atoms in total. The summed E-state index contributed by atoms with van der Waals surface area (Å²) in [6.45, 7) is 2.28. The van der Waals surface area contributed by atoms with Crippen molar-refractivity contribution in [2.75, 3.05) is 0 Å². The molecule has 6 heteroatoms. The van der Waals surface area contributed by atoms with Crippen LogP contribution in [0.4, 0.5) is 0 Å². The first-order valence-corrected chi connectivity index (χ1v) is 9.00. The summed E-state index contributed by atoms with van der Waals surface area (Å²) in [4.78, 5) is 15.7. The Kier molecular flexibility index (Phi) is 2.91. The van der Waals surface area contributed by atoms with Gasteiger partial charge in [-0.25, -0.2) is 4.57 Å². The van der Waals surface area contributed by atoms with Gasteiger partial charge < -0.3 is 0 Å². The predicted octanol–water partition coefficient (Wildman–Crippen LogP) is 3.22. The van der Waals surface area contributed by atoms with Crippen molar-refractivity contribution in [2.45, 2.75) is 26.2 Å². The number of aromatic nitrogens is 4. The smallest absolute Gasteiger partial charge is 0.268 e. The first-order valence-electron chi connectivity index (χ1n) is 8.18. The molecule has 0 saturated carbocycles. The third kappa shape index (κ3) is 1.83. The van der Waals surface area contributed by atoms with Gasteiger partial charge in [0.05, 0.1) is 11.1 Å². The highest BCUT2D eigenvalue weighted by molar-refractivity contribution is 7.18. The number of rotatable bonds is 1. The van der Waals surface area contributed by atoms with Crippen molar-refractivity contribution in [1.82, 2.24) is 19.2 Å². The topological polar surface area (TPSA) is 52.2 Å². The lowest BCUT2D eigenvalue weighted by Gasteiger charge is -2.17. The highest BCUT2D eigenvalue weighted by atomic mass is 32.1. The molecule has 4 aromatic rings. The SMILES string of the molecule is C[C@H]1CCc2c(sc3c2c(=O)n(-c2ccccc2)c2nncn32)C1. The van der Waals surface area contributed by atoms with Crippen LogP contribution in [0.3, 0.4) is 0 Å². The normalized spacial score (nSPS) is 17.5. The van der Waals surface area contributed by atoms with E-state index in [2.05, 4.69) is 17.1 Å². The quantitative estimate of drug-likeness (QED) is 0.536. The lowest BCUT2D eigenvalue weighted by Crippen LogP contribution is -2.22. The zero-order valence-electron chi connectivity index (χ0n) is 13.3. The molecule has 1 aliphatic carbocycles. The largest absolute Gasteiger partial charge is 0.268 e. The van der Waals surface area contributed by atoms with Gasteiger partial charge in [0, 0.05) is 4.88 Å². The van der Waals surface area contributed by atoms with Crippen LogP contribution >= 0.6 is 11.3 Å². The lowest BCUT2D eigenvalue weighted by atomic mass is 9.89. The number of aryl methyl sites for hydroxylation is 1. The Hall–Kier alpha value is -2.47. The minimum absolute atomic E-state index is 0.0174. The number of thiophene rings is 1. The molecule has 0 aliphatic heterocycles. The first-order chi connectivity index (χ1) is 11.7. The van der Waals surface area contributed by atoms with E-state index >= 15 is 0 Å². The number of hydrogen-bond donors (Lipinski definition) is 0. The number of fused-ring (bicyclic) bond motifs is 5. The molecule has 1 aromatic carbocycles. The molecular formula is C18H16N4OS. The number of para-hydroxylation sites is 1. The Balaban J connectivity index is 1.95. The van der Waals surface area contributed by atoms with Crippen molar-refractivity contribution >= 4 is 27.3 Å². The number of benzene rings is 1. The van der Waals surface area contributed by atoms with E-state index in [-0.39, 0.29) is 5.56 Å². The zero-order valence-corrected chi connectivity index (χ0v) is 14.1. The van der Waals surface area contributed by atoms with Gasteiger partial charge in [0.2, 0.25) is 5.78 Å². The van der Waals surface area contributed by atoms with Crippen LogP contribution in [0, 0.1) is 5.92 Å². The fourth-order valence-electron chi connectivity index (χ4n) is 3.66. The van der Waals surface area contributed by atoms with E-state index in [0.717, 1.165) is 35.2 Å². The molecule has 1 aliphatic rings. The van der Waals surface area contributed by atoms with Crippen LogP contribution in [0.25, 0.3) is 21.7 Å². The zero-order chi connectivity index (χ0) is 16.3. The second kappa shape index (κ2) is 5.01. The monoisotopic (exact) mass is 336 g/mol. The molecule has 0 N–H and O–H groups in total. The van der Waals surface area contributed by atoms with Crippen LogP contribution in [-0.4, -0.2) is 19.2 Å². The Morgan fingerprint density at radius 2 is 2.08 bits per heavy atom. The summed E-state index contributed by atoms with van der Waals surface area (Å²) in [5, 5.41) is 9.11. The molecule has 3 heterocycles. The van der Waals surface area contributed by atoms with E-state index in [1.807, 2.05) is 34.7 Å².